The van der Waals surface area contributed by atoms with Crippen molar-refractivity contribution in [3.05, 3.63) is 71.7 Å². The molecule has 2 N–H and O–H groups in total. The van der Waals surface area contributed by atoms with Crippen molar-refractivity contribution in [2.75, 3.05) is 0 Å². The number of aromatic nitrogens is 1. The molecule has 3 aromatic rings. The molecule has 2 aromatic heterocycles. The average Bonchev–Trinajstić information content (AvgIpc) is 3.11. The fourth-order valence-electron chi connectivity index (χ4n) is 2.14. The Morgan fingerprint density at radius 3 is 2.81 bits per heavy atom. The second-order valence-electron chi connectivity index (χ2n) is 5.16. The standard InChI is InChI=1S/C18H13N3O5/c22-15-5-3-11(8-14(15)18(24)25)16-6-4-13(26-16)10-20-21-17(23)12-2-1-7-19-9-12/h1-10,22H,(H,21,23)(H,24,25)/p-1. The van der Waals surface area contributed by atoms with Gasteiger partial charge < -0.3 is 14.6 Å². The summed E-state index contributed by atoms with van der Waals surface area (Å²) in [6, 6.07) is 10.3. The van der Waals surface area contributed by atoms with Crippen molar-refractivity contribution in [2.24, 2.45) is 5.10 Å². The molecule has 0 radical (unpaired) electrons. The molecule has 0 spiro atoms. The summed E-state index contributed by atoms with van der Waals surface area (Å²) in [6.45, 7) is 0. The first-order chi connectivity index (χ1) is 12.5. The van der Waals surface area contributed by atoms with Gasteiger partial charge in [0.05, 0.1) is 17.3 Å². The lowest BCUT2D eigenvalue weighted by molar-refractivity contribution is -0.268. The van der Waals surface area contributed by atoms with Crippen molar-refractivity contribution >= 4 is 18.1 Å². The third kappa shape index (κ3) is 3.75. The van der Waals surface area contributed by atoms with E-state index in [4.69, 9.17) is 9.52 Å². The van der Waals surface area contributed by atoms with Crippen LogP contribution in [0.4, 0.5) is 0 Å². The molecule has 0 aliphatic carbocycles. The van der Waals surface area contributed by atoms with E-state index < -0.39 is 17.6 Å². The van der Waals surface area contributed by atoms with Gasteiger partial charge in [-0.1, -0.05) is 17.9 Å². The van der Waals surface area contributed by atoms with E-state index in [9.17, 15) is 14.7 Å². The minimum absolute atomic E-state index is 0.335. The van der Waals surface area contributed by atoms with Gasteiger partial charge in [0.15, 0.2) is 0 Å². The SMILES string of the molecule is O=C(NN=Cc1ccc(-c2ccc([O-])c(C(=O)O)c2)o1)c1cccnc1. The molecule has 0 saturated heterocycles. The summed E-state index contributed by atoms with van der Waals surface area (Å²) in [4.78, 5) is 26.7. The zero-order valence-electron chi connectivity index (χ0n) is 13.2. The number of carboxylic acid groups (broad SMARTS) is 1. The van der Waals surface area contributed by atoms with E-state index in [-0.39, 0.29) is 5.56 Å². The van der Waals surface area contributed by atoms with Crippen LogP contribution in [0, 0.1) is 0 Å². The molecular weight excluding hydrogens is 338 g/mol. The topological polar surface area (TPSA) is 128 Å². The van der Waals surface area contributed by atoms with Crippen LogP contribution in [0.5, 0.6) is 5.75 Å². The summed E-state index contributed by atoms with van der Waals surface area (Å²) in [5.74, 6) is -1.59. The molecule has 0 unspecified atom stereocenters. The Bertz CT molecular complexity index is 980. The first-order valence-corrected chi connectivity index (χ1v) is 7.42. The van der Waals surface area contributed by atoms with Crippen LogP contribution in [-0.4, -0.2) is 28.2 Å². The van der Waals surface area contributed by atoms with Gasteiger partial charge in [-0.15, -0.1) is 0 Å². The Morgan fingerprint density at radius 1 is 1.23 bits per heavy atom. The van der Waals surface area contributed by atoms with E-state index in [1.807, 2.05) is 0 Å². The zero-order valence-corrected chi connectivity index (χ0v) is 13.2. The zero-order chi connectivity index (χ0) is 18.5. The van der Waals surface area contributed by atoms with E-state index in [0.29, 0.717) is 22.6 Å². The van der Waals surface area contributed by atoms with Crippen LogP contribution in [0.2, 0.25) is 0 Å². The molecule has 8 heteroatoms. The summed E-state index contributed by atoms with van der Waals surface area (Å²) >= 11 is 0. The lowest BCUT2D eigenvalue weighted by Gasteiger charge is -2.10. The van der Waals surface area contributed by atoms with Gasteiger partial charge in [-0.2, -0.15) is 5.10 Å². The molecular formula is C18H12N3O5-. The van der Waals surface area contributed by atoms with E-state index >= 15 is 0 Å². The van der Waals surface area contributed by atoms with Gasteiger partial charge in [-0.25, -0.2) is 10.2 Å². The van der Waals surface area contributed by atoms with Crippen molar-refractivity contribution < 1.29 is 24.2 Å². The Hall–Kier alpha value is -3.94. The summed E-state index contributed by atoms with van der Waals surface area (Å²) in [5.41, 5.74) is 2.81. The van der Waals surface area contributed by atoms with E-state index in [1.165, 1.54) is 30.6 Å². The molecule has 0 aliphatic heterocycles. The van der Waals surface area contributed by atoms with Gasteiger partial charge in [0.1, 0.15) is 11.5 Å². The van der Waals surface area contributed by atoms with Crippen LogP contribution in [0.1, 0.15) is 26.5 Å². The largest absolute Gasteiger partial charge is 0.872 e. The van der Waals surface area contributed by atoms with Crippen molar-refractivity contribution in [1.29, 1.82) is 0 Å². The van der Waals surface area contributed by atoms with Gasteiger partial charge in [0.2, 0.25) is 0 Å². The number of hydrogen-bond acceptors (Lipinski definition) is 6. The number of carbonyl (C=O) groups is 2. The highest BCUT2D eigenvalue weighted by Gasteiger charge is 2.09. The Labute approximate surface area is 147 Å². The number of aromatic carboxylic acids is 1. The Morgan fingerprint density at radius 2 is 2.08 bits per heavy atom. The molecule has 1 amide bonds. The third-order valence-electron chi connectivity index (χ3n) is 3.40. The van der Waals surface area contributed by atoms with Gasteiger partial charge in [-0.3, -0.25) is 9.78 Å². The Balaban J connectivity index is 1.71. The third-order valence-corrected chi connectivity index (χ3v) is 3.40. The lowest BCUT2D eigenvalue weighted by atomic mass is 10.1. The fraction of sp³-hybridized carbons (Fsp3) is 0. The number of nitrogens with zero attached hydrogens (tertiary/aromatic N) is 2. The van der Waals surface area contributed by atoms with E-state index in [1.54, 1.807) is 30.5 Å². The molecule has 1 aromatic carbocycles. The monoisotopic (exact) mass is 350 g/mol. The van der Waals surface area contributed by atoms with Crippen LogP contribution < -0.4 is 10.5 Å². The minimum Gasteiger partial charge on any atom is -0.872 e. The lowest BCUT2D eigenvalue weighted by Crippen LogP contribution is -2.17. The average molecular weight is 350 g/mol. The number of carbonyl (C=O) groups excluding carboxylic acids is 1. The smallest absolute Gasteiger partial charge is 0.335 e. The summed E-state index contributed by atoms with van der Waals surface area (Å²) in [7, 11) is 0. The second kappa shape index (κ2) is 7.31. The first-order valence-electron chi connectivity index (χ1n) is 7.42. The van der Waals surface area contributed by atoms with Crippen molar-refractivity contribution in [2.45, 2.75) is 0 Å². The van der Waals surface area contributed by atoms with Crippen LogP contribution >= 0.6 is 0 Å². The Kier molecular flexibility index (Phi) is 4.75. The number of pyridine rings is 1. The number of nitrogens with one attached hydrogen (secondary N) is 1. The van der Waals surface area contributed by atoms with E-state index in [2.05, 4.69) is 15.5 Å². The fourth-order valence-corrected chi connectivity index (χ4v) is 2.14. The molecule has 0 bridgehead atoms. The predicted molar refractivity (Wildman–Crippen MR) is 89.8 cm³/mol. The van der Waals surface area contributed by atoms with Crippen molar-refractivity contribution in [3.8, 4) is 17.1 Å². The molecule has 8 nitrogen and oxygen atoms in total. The molecule has 130 valence electrons. The maximum atomic E-state index is 11.8. The summed E-state index contributed by atoms with van der Waals surface area (Å²) < 4.78 is 5.52. The highest BCUT2D eigenvalue weighted by molar-refractivity contribution is 5.94. The molecule has 0 saturated carbocycles. The number of hydrogen-bond donors (Lipinski definition) is 2. The van der Waals surface area contributed by atoms with Gasteiger partial charge in [-0.05, 0) is 30.3 Å². The molecule has 3 rings (SSSR count). The molecule has 2 heterocycles. The maximum Gasteiger partial charge on any atom is 0.335 e. The highest BCUT2D eigenvalue weighted by atomic mass is 16.4. The minimum atomic E-state index is -1.30. The van der Waals surface area contributed by atoms with Gasteiger partial charge in [0.25, 0.3) is 5.91 Å². The molecule has 26 heavy (non-hydrogen) atoms. The van der Waals surface area contributed by atoms with Crippen LogP contribution in [-0.2, 0) is 0 Å². The first kappa shape index (κ1) is 16.9. The molecule has 0 fully saturated rings. The van der Waals surface area contributed by atoms with E-state index in [0.717, 1.165) is 0 Å². The number of hydrazone groups is 1. The summed E-state index contributed by atoms with van der Waals surface area (Å²) in [6.07, 6.45) is 4.27. The number of carboxylic acids is 1. The quantitative estimate of drug-likeness (QED) is 0.534. The summed E-state index contributed by atoms with van der Waals surface area (Å²) in [5, 5.41) is 24.3. The van der Waals surface area contributed by atoms with Crippen molar-refractivity contribution in [1.82, 2.24) is 10.4 Å². The molecule has 0 aliphatic rings. The molecule has 0 atom stereocenters. The maximum absolute atomic E-state index is 11.8. The second-order valence-corrected chi connectivity index (χ2v) is 5.16. The van der Waals surface area contributed by atoms with Crippen molar-refractivity contribution in [3.63, 3.8) is 0 Å². The number of furan rings is 1. The highest BCUT2D eigenvalue weighted by Crippen LogP contribution is 2.26. The van der Waals surface area contributed by atoms with Gasteiger partial charge >= 0.3 is 5.97 Å². The van der Waals surface area contributed by atoms with Gasteiger partial charge in [0, 0.05) is 18.0 Å². The van der Waals surface area contributed by atoms with Crippen LogP contribution in [0.25, 0.3) is 11.3 Å². The number of rotatable bonds is 5. The van der Waals surface area contributed by atoms with Crippen LogP contribution in [0.15, 0.2) is 64.4 Å². The normalized spacial score (nSPS) is 10.8. The predicted octanol–water partition coefficient (Wildman–Crippen LogP) is 1.88. The van der Waals surface area contributed by atoms with Crippen LogP contribution in [0.3, 0.4) is 0 Å². The number of benzene rings is 1. The number of amides is 1.